The SMILES string of the molecule is CC(C)(CNC(=O)CN)SC1(CN2CCn3c(cnc3C(=O)NCc3ccc(Cl)cc3)C2=O)CC1.c1ccccc1. The molecule has 3 amide bonds. The number of amides is 3. The van der Waals surface area contributed by atoms with Crippen LogP contribution in [0, 0.1) is 0 Å². The van der Waals surface area contributed by atoms with Gasteiger partial charge in [0.05, 0.1) is 12.7 Å². The van der Waals surface area contributed by atoms with Crippen LogP contribution in [0.4, 0.5) is 0 Å². The minimum absolute atomic E-state index is 0.0203. The molecule has 0 bridgehead atoms. The summed E-state index contributed by atoms with van der Waals surface area (Å²) >= 11 is 7.73. The number of hydrogen-bond acceptors (Lipinski definition) is 6. The number of carbonyl (C=O) groups excluding carboxylic acids is 3. The predicted octanol–water partition coefficient (Wildman–Crippen LogP) is 3.73. The first-order chi connectivity index (χ1) is 19.6. The summed E-state index contributed by atoms with van der Waals surface area (Å²) in [5.41, 5.74) is 6.75. The molecule has 41 heavy (non-hydrogen) atoms. The van der Waals surface area contributed by atoms with E-state index < -0.39 is 0 Å². The van der Waals surface area contributed by atoms with Crippen LogP contribution in [0.25, 0.3) is 0 Å². The Bertz CT molecular complexity index is 1320. The third-order valence-corrected chi connectivity index (χ3v) is 8.79. The number of nitrogens with one attached hydrogen (secondary N) is 2. The molecule has 1 aliphatic heterocycles. The third-order valence-electron chi connectivity index (χ3n) is 6.87. The van der Waals surface area contributed by atoms with Crippen molar-refractivity contribution < 1.29 is 14.4 Å². The standard InChI is InChI=1S/C24H31ClN6O3S.C6H6/c1-23(2,14-29-19(32)11-26)35-24(7-8-24)15-30-9-10-31-18(22(30)34)13-27-20(31)21(33)28-12-16-3-5-17(25)6-4-16;1-2-4-6-5-3-1/h3-6,13H,7-12,14-15,26H2,1-2H3,(H,28,33)(H,29,32);1-6H. The van der Waals surface area contributed by atoms with Crippen LogP contribution in [-0.4, -0.2) is 67.8 Å². The lowest BCUT2D eigenvalue weighted by atomic mass is 10.2. The second-order valence-corrected chi connectivity index (χ2v) is 13.4. The van der Waals surface area contributed by atoms with E-state index in [1.165, 1.54) is 6.20 Å². The van der Waals surface area contributed by atoms with Crippen LogP contribution in [0.1, 0.15) is 53.4 Å². The van der Waals surface area contributed by atoms with Crippen molar-refractivity contribution in [1.29, 1.82) is 0 Å². The van der Waals surface area contributed by atoms with Crippen molar-refractivity contribution in [1.82, 2.24) is 25.1 Å². The second-order valence-electron chi connectivity index (χ2n) is 10.8. The average molecular weight is 597 g/mol. The zero-order chi connectivity index (χ0) is 29.5. The zero-order valence-electron chi connectivity index (χ0n) is 23.4. The fourth-order valence-corrected chi connectivity index (χ4v) is 6.59. The molecule has 4 N–H and O–H groups in total. The minimum atomic E-state index is -0.317. The van der Waals surface area contributed by atoms with E-state index in [1.54, 1.807) is 16.7 Å². The monoisotopic (exact) mass is 596 g/mol. The molecule has 3 aromatic rings. The Labute approximate surface area is 250 Å². The maximum Gasteiger partial charge on any atom is 0.287 e. The van der Waals surface area contributed by atoms with Crippen LogP contribution in [0.5, 0.6) is 0 Å². The third kappa shape index (κ3) is 8.58. The van der Waals surface area contributed by atoms with Crippen molar-refractivity contribution in [2.24, 2.45) is 5.73 Å². The number of carbonyl (C=O) groups is 3. The number of nitrogens with zero attached hydrogens (tertiary/aromatic N) is 3. The first-order valence-electron chi connectivity index (χ1n) is 13.7. The molecule has 0 spiro atoms. The van der Waals surface area contributed by atoms with Gasteiger partial charge < -0.3 is 25.8 Å². The molecule has 1 aromatic heterocycles. The van der Waals surface area contributed by atoms with Crippen molar-refractivity contribution in [3.05, 3.63) is 89.0 Å². The van der Waals surface area contributed by atoms with E-state index in [4.69, 9.17) is 17.3 Å². The number of benzene rings is 2. The number of imidazole rings is 1. The number of thioether (sulfide) groups is 1. The second kappa shape index (κ2) is 13.5. The van der Waals surface area contributed by atoms with Gasteiger partial charge >= 0.3 is 0 Å². The fraction of sp³-hybridized carbons (Fsp3) is 0.400. The smallest absolute Gasteiger partial charge is 0.287 e. The normalized spacial score (nSPS) is 15.3. The predicted molar refractivity (Wildman–Crippen MR) is 163 cm³/mol. The number of halogens is 1. The molecule has 1 saturated carbocycles. The summed E-state index contributed by atoms with van der Waals surface area (Å²) in [6.45, 7) is 6.70. The van der Waals surface area contributed by atoms with Gasteiger partial charge in [-0.15, -0.1) is 11.8 Å². The lowest BCUT2D eigenvalue weighted by Gasteiger charge is -2.35. The van der Waals surface area contributed by atoms with E-state index in [9.17, 15) is 14.4 Å². The number of aromatic nitrogens is 2. The van der Waals surface area contributed by atoms with Gasteiger partial charge in [-0.05, 0) is 44.4 Å². The fourth-order valence-electron chi connectivity index (χ4n) is 4.62. The molecule has 2 aliphatic rings. The number of hydrogen-bond donors (Lipinski definition) is 3. The molecular formula is C30H37ClN6O3S. The van der Waals surface area contributed by atoms with Gasteiger partial charge in [-0.1, -0.05) is 60.1 Å². The van der Waals surface area contributed by atoms with Crippen molar-refractivity contribution in [2.45, 2.75) is 49.3 Å². The summed E-state index contributed by atoms with van der Waals surface area (Å²) in [4.78, 5) is 43.6. The highest BCUT2D eigenvalue weighted by atomic mass is 35.5. The first kappa shape index (κ1) is 30.6. The molecule has 1 aliphatic carbocycles. The van der Waals surface area contributed by atoms with Crippen molar-refractivity contribution >= 4 is 41.1 Å². The van der Waals surface area contributed by atoms with Crippen LogP contribution in [0.2, 0.25) is 5.02 Å². The van der Waals surface area contributed by atoms with Crippen LogP contribution >= 0.6 is 23.4 Å². The highest BCUT2D eigenvalue weighted by Crippen LogP contribution is 2.54. The Balaban J connectivity index is 0.000000572. The number of nitrogens with two attached hydrogens (primary N) is 1. The highest BCUT2D eigenvalue weighted by molar-refractivity contribution is 8.02. The Morgan fingerprint density at radius 3 is 2.27 bits per heavy atom. The molecule has 2 heterocycles. The number of fused-ring (bicyclic) bond motifs is 1. The van der Waals surface area contributed by atoms with Gasteiger partial charge in [0.25, 0.3) is 11.8 Å². The Hall–Kier alpha value is -3.34. The van der Waals surface area contributed by atoms with Crippen molar-refractivity contribution in [2.75, 3.05) is 26.2 Å². The summed E-state index contributed by atoms with van der Waals surface area (Å²) < 4.78 is 1.50. The van der Waals surface area contributed by atoms with E-state index in [0.717, 1.165) is 18.4 Å². The van der Waals surface area contributed by atoms with Crippen LogP contribution in [0.3, 0.4) is 0 Å². The van der Waals surface area contributed by atoms with Gasteiger partial charge in [0.1, 0.15) is 5.69 Å². The average Bonchev–Trinajstić information content (AvgIpc) is 3.57. The van der Waals surface area contributed by atoms with E-state index >= 15 is 0 Å². The Morgan fingerprint density at radius 1 is 1.05 bits per heavy atom. The molecule has 2 aromatic carbocycles. The molecule has 218 valence electrons. The molecule has 5 rings (SSSR count). The molecule has 0 radical (unpaired) electrons. The van der Waals surface area contributed by atoms with Crippen molar-refractivity contribution in [3.8, 4) is 0 Å². The number of rotatable bonds is 10. The topological polar surface area (TPSA) is 122 Å². The van der Waals surface area contributed by atoms with Gasteiger partial charge in [0.15, 0.2) is 5.82 Å². The summed E-state index contributed by atoms with van der Waals surface area (Å²) in [5.74, 6) is -0.352. The quantitative estimate of drug-likeness (QED) is 0.328. The molecule has 11 heteroatoms. The first-order valence-corrected chi connectivity index (χ1v) is 14.9. The minimum Gasteiger partial charge on any atom is -0.354 e. The molecule has 0 unspecified atom stereocenters. The largest absolute Gasteiger partial charge is 0.354 e. The van der Waals surface area contributed by atoms with Gasteiger partial charge in [-0.2, -0.15) is 0 Å². The summed E-state index contributed by atoms with van der Waals surface area (Å²) in [7, 11) is 0. The zero-order valence-corrected chi connectivity index (χ0v) is 25.0. The van der Waals surface area contributed by atoms with E-state index in [1.807, 2.05) is 65.2 Å². The summed E-state index contributed by atoms with van der Waals surface area (Å²) in [6.07, 6.45) is 3.53. The molecule has 0 atom stereocenters. The van der Waals surface area contributed by atoms with Crippen LogP contribution in [0.15, 0.2) is 66.9 Å². The van der Waals surface area contributed by atoms with Crippen LogP contribution < -0.4 is 16.4 Å². The van der Waals surface area contributed by atoms with E-state index in [2.05, 4.69) is 29.5 Å². The lowest BCUT2D eigenvalue weighted by molar-refractivity contribution is -0.119. The maximum absolute atomic E-state index is 13.2. The van der Waals surface area contributed by atoms with Crippen LogP contribution in [-0.2, 0) is 17.9 Å². The molecule has 1 fully saturated rings. The molecule has 0 saturated heterocycles. The van der Waals surface area contributed by atoms with Gasteiger partial charge in [0, 0.05) is 47.2 Å². The summed E-state index contributed by atoms with van der Waals surface area (Å²) in [6, 6.07) is 19.3. The van der Waals surface area contributed by atoms with Gasteiger partial charge in [-0.25, -0.2) is 4.98 Å². The Morgan fingerprint density at radius 2 is 1.68 bits per heavy atom. The van der Waals surface area contributed by atoms with Gasteiger partial charge in [0.2, 0.25) is 5.91 Å². The highest BCUT2D eigenvalue weighted by Gasteiger charge is 2.49. The Kier molecular flexibility index (Phi) is 10.1. The maximum atomic E-state index is 13.2. The molecular weight excluding hydrogens is 560 g/mol. The summed E-state index contributed by atoms with van der Waals surface area (Å²) in [5, 5.41) is 6.37. The lowest BCUT2D eigenvalue weighted by Crippen LogP contribution is -2.46. The van der Waals surface area contributed by atoms with E-state index in [-0.39, 0.29) is 39.6 Å². The van der Waals surface area contributed by atoms with E-state index in [0.29, 0.717) is 43.4 Å². The van der Waals surface area contributed by atoms with Crippen molar-refractivity contribution in [3.63, 3.8) is 0 Å². The van der Waals surface area contributed by atoms with Gasteiger partial charge in [-0.3, -0.25) is 14.4 Å². The molecule has 9 nitrogen and oxygen atoms in total.